The zero-order valence-electron chi connectivity index (χ0n) is 7.78. The van der Waals surface area contributed by atoms with Gasteiger partial charge in [0.2, 0.25) is 0 Å². The van der Waals surface area contributed by atoms with E-state index in [4.69, 9.17) is 5.73 Å². The maximum atomic E-state index is 5.61. The molecule has 2 aromatic rings. The van der Waals surface area contributed by atoms with Crippen molar-refractivity contribution in [1.82, 2.24) is 14.6 Å². The minimum atomic E-state index is 0.487. The van der Waals surface area contributed by atoms with Crippen molar-refractivity contribution >= 4 is 5.65 Å². The van der Waals surface area contributed by atoms with Crippen LogP contribution in [-0.4, -0.2) is 14.6 Å². The van der Waals surface area contributed by atoms with Crippen LogP contribution in [-0.2, 0) is 6.54 Å². The van der Waals surface area contributed by atoms with Gasteiger partial charge in [-0.05, 0) is 19.9 Å². The fourth-order valence-corrected chi connectivity index (χ4v) is 1.42. The second-order valence-electron chi connectivity index (χ2n) is 3.16. The topological polar surface area (TPSA) is 56.2 Å². The first-order valence-corrected chi connectivity index (χ1v) is 4.23. The van der Waals surface area contributed by atoms with Gasteiger partial charge in [-0.3, -0.25) is 0 Å². The molecule has 0 amide bonds. The van der Waals surface area contributed by atoms with Crippen molar-refractivity contribution in [3.8, 4) is 0 Å². The lowest BCUT2D eigenvalue weighted by Gasteiger charge is -2.02. The number of nitrogens with zero attached hydrogens (tertiary/aromatic N) is 3. The summed E-state index contributed by atoms with van der Waals surface area (Å²) in [6, 6.07) is 1.96. The second-order valence-corrected chi connectivity index (χ2v) is 3.16. The zero-order valence-corrected chi connectivity index (χ0v) is 7.78. The lowest BCUT2D eigenvalue weighted by atomic mass is 10.3. The summed E-state index contributed by atoms with van der Waals surface area (Å²) in [5.74, 6) is 0. The van der Waals surface area contributed by atoms with Crippen molar-refractivity contribution in [2.75, 3.05) is 0 Å². The standard InChI is InChI=1S/C9H12N4/c1-6-5-11-13-8(4-10)3-7(2)12-9(6)13/h3,5H,4,10H2,1-2H3. The Bertz CT molecular complexity index is 444. The average molecular weight is 176 g/mol. The van der Waals surface area contributed by atoms with Crippen molar-refractivity contribution in [1.29, 1.82) is 0 Å². The number of fused-ring (bicyclic) bond motifs is 1. The Hall–Kier alpha value is -1.42. The molecule has 0 fully saturated rings. The summed E-state index contributed by atoms with van der Waals surface area (Å²) >= 11 is 0. The van der Waals surface area contributed by atoms with Crippen molar-refractivity contribution in [3.63, 3.8) is 0 Å². The summed E-state index contributed by atoms with van der Waals surface area (Å²) in [6.07, 6.45) is 1.81. The monoisotopic (exact) mass is 176 g/mol. The minimum Gasteiger partial charge on any atom is -0.325 e. The highest BCUT2D eigenvalue weighted by atomic mass is 15.3. The van der Waals surface area contributed by atoms with Crippen LogP contribution in [0.1, 0.15) is 17.0 Å². The van der Waals surface area contributed by atoms with Crippen LogP contribution in [0.5, 0.6) is 0 Å². The van der Waals surface area contributed by atoms with Gasteiger partial charge in [-0.25, -0.2) is 9.50 Å². The van der Waals surface area contributed by atoms with Gasteiger partial charge in [0.25, 0.3) is 0 Å². The van der Waals surface area contributed by atoms with E-state index in [9.17, 15) is 0 Å². The smallest absolute Gasteiger partial charge is 0.158 e. The lowest BCUT2D eigenvalue weighted by molar-refractivity contribution is 0.828. The van der Waals surface area contributed by atoms with Crippen LogP contribution in [0.15, 0.2) is 12.3 Å². The molecule has 2 aromatic heterocycles. The Morgan fingerprint density at radius 3 is 2.92 bits per heavy atom. The van der Waals surface area contributed by atoms with E-state index in [2.05, 4.69) is 10.1 Å². The molecule has 2 heterocycles. The molecule has 0 saturated carbocycles. The average Bonchev–Trinajstić information content (AvgIpc) is 2.47. The first-order chi connectivity index (χ1) is 6.22. The molecule has 0 radical (unpaired) electrons. The molecule has 4 nitrogen and oxygen atoms in total. The SMILES string of the molecule is Cc1cc(CN)n2ncc(C)c2n1. The molecular formula is C9H12N4. The van der Waals surface area contributed by atoms with Crippen molar-refractivity contribution < 1.29 is 0 Å². The molecule has 0 saturated heterocycles. The van der Waals surface area contributed by atoms with Gasteiger partial charge in [0.1, 0.15) is 0 Å². The van der Waals surface area contributed by atoms with Crippen LogP contribution < -0.4 is 5.73 Å². The van der Waals surface area contributed by atoms with Gasteiger partial charge in [0.15, 0.2) is 5.65 Å². The van der Waals surface area contributed by atoms with E-state index in [1.54, 1.807) is 10.7 Å². The highest BCUT2D eigenvalue weighted by Crippen LogP contribution is 2.10. The first kappa shape index (κ1) is 8.19. The van der Waals surface area contributed by atoms with E-state index in [1.807, 2.05) is 19.9 Å². The molecule has 0 aliphatic carbocycles. The quantitative estimate of drug-likeness (QED) is 0.699. The third kappa shape index (κ3) is 1.19. The summed E-state index contributed by atoms with van der Waals surface area (Å²) < 4.78 is 1.79. The van der Waals surface area contributed by atoms with Crippen LogP contribution in [0.25, 0.3) is 5.65 Å². The maximum Gasteiger partial charge on any atom is 0.158 e. The van der Waals surface area contributed by atoms with Crippen LogP contribution in [0.4, 0.5) is 0 Å². The van der Waals surface area contributed by atoms with E-state index < -0.39 is 0 Å². The highest BCUT2D eigenvalue weighted by molar-refractivity contribution is 5.46. The Morgan fingerprint density at radius 1 is 1.46 bits per heavy atom. The Kier molecular flexibility index (Phi) is 1.77. The molecule has 0 atom stereocenters. The minimum absolute atomic E-state index is 0.487. The first-order valence-electron chi connectivity index (χ1n) is 4.23. The largest absolute Gasteiger partial charge is 0.325 e. The van der Waals surface area contributed by atoms with E-state index >= 15 is 0 Å². The van der Waals surface area contributed by atoms with E-state index in [0.717, 1.165) is 22.6 Å². The summed E-state index contributed by atoms with van der Waals surface area (Å²) in [5.41, 5.74) is 9.57. The summed E-state index contributed by atoms with van der Waals surface area (Å²) in [7, 11) is 0. The van der Waals surface area contributed by atoms with Crippen LogP contribution in [0.3, 0.4) is 0 Å². The third-order valence-electron chi connectivity index (χ3n) is 2.06. The normalized spacial score (nSPS) is 11.0. The third-order valence-corrected chi connectivity index (χ3v) is 2.06. The molecule has 0 aliphatic rings. The van der Waals surface area contributed by atoms with Crippen LogP contribution in [0.2, 0.25) is 0 Å². The van der Waals surface area contributed by atoms with Crippen molar-refractivity contribution in [2.45, 2.75) is 20.4 Å². The van der Waals surface area contributed by atoms with Gasteiger partial charge in [0.05, 0.1) is 11.9 Å². The number of hydrogen-bond donors (Lipinski definition) is 1. The number of nitrogens with two attached hydrogens (primary N) is 1. The molecule has 2 N–H and O–H groups in total. The van der Waals surface area contributed by atoms with Crippen LogP contribution in [0, 0.1) is 13.8 Å². The second kappa shape index (κ2) is 2.81. The number of hydrogen-bond acceptors (Lipinski definition) is 3. The maximum absolute atomic E-state index is 5.61. The van der Waals surface area contributed by atoms with Gasteiger partial charge in [-0.1, -0.05) is 0 Å². The summed E-state index contributed by atoms with van der Waals surface area (Å²) in [6.45, 7) is 4.45. The van der Waals surface area contributed by atoms with Crippen molar-refractivity contribution in [3.05, 3.63) is 29.2 Å². The van der Waals surface area contributed by atoms with Gasteiger partial charge in [0, 0.05) is 17.8 Å². The van der Waals surface area contributed by atoms with E-state index in [-0.39, 0.29) is 0 Å². The Labute approximate surface area is 76.4 Å². The van der Waals surface area contributed by atoms with E-state index in [0.29, 0.717) is 6.54 Å². The molecular weight excluding hydrogens is 164 g/mol. The molecule has 0 bridgehead atoms. The van der Waals surface area contributed by atoms with Gasteiger partial charge in [-0.2, -0.15) is 5.10 Å². The summed E-state index contributed by atoms with van der Waals surface area (Å²) in [5, 5.41) is 4.20. The molecule has 0 unspecified atom stereocenters. The molecule has 2 rings (SSSR count). The molecule has 13 heavy (non-hydrogen) atoms. The fourth-order valence-electron chi connectivity index (χ4n) is 1.42. The van der Waals surface area contributed by atoms with Gasteiger partial charge >= 0.3 is 0 Å². The lowest BCUT2D eigenvalue weighted by Crippen LogP contribution is -2.07. The Balaban J connectivity index is 2.84. The molecule has 0 aliphatic heterocycles. The molecule has 4 heteroatoms. The number of rotatable bonds is 1. The zero-order chi connectivity index (χ0) is 9.42. The predicted octanol–water partition coefficient (Wildman–Crippen LogP) is 0.805. The number of aryl methyl sites for hydroxylation is 2. The highest BCUT2D eigenvalue weighted by Gasteiger charge is 2.05. The van der Waals surface area contributed by atoms with Crippen LogP contribution >= 0.6 is 0 Å². The molecule has 0 spiro atoms. The van der Waals surface area contributed by atoms with Gasteiger partial charge in [-0.15, -0.1) is 0 Å². The Morgan fingerprint density at radius 2 is 2.23 bits per heavy atom. The molecule has 68 valence electrons. The summed E-state index contributed by atoms with van der Waals surface area (Å²) in [4.78, 5) is 4.39. The predicted molar refractivity (Wildman–Crippen MR) is 50.4 cm³/mol. The molecule has 0 aromatic carbocycles. The van der Waals surface area contributed by atoms with E-state index in [1.165, 1.54) is 0 Å². The van der Waals surface area contributed by atoms with Crippen molar-refractivity contribution in [2.24, 2.45) is 5.73 Å². The fraction of sp³-hybridized carbons (Fsp3) is 0.333. The number of aromatic nitrogens is 3. The van der Waals surface area contributed by atoms with Gasteiger partial charge < -0.3 is 5.73 Å².